The molecule has 0 radical (unpaired) electrons. The predicted molar refractivity (Wildman–Crippen MR) is 74.3 cm³/mol. The number of rotatable bonds is 7. The molecule has 0 heterocycles. The van der Waals surface area contributed by atoms with Gasteiger partial charge in [0.15, 0.2) is 0 Å². The van der Waals surface area contributed by atoms with Crippen molar-refractivity contribution in [3.05, 3.63) is 0 Å². The van der Waals surface area contributed by atoms with E-state index in [0.29, 0.717) is 5.92 Å². The molecule has 1 N–H and O–H groups in total. The molecule has 0 amide bonds. The zero-order valence-corrected chi connectivity index (χ0v) is 12.0. The zero-order valence-electron chi connectivity index (χ0n) is 12.0. The van der Waals surface area contributed by atoms with E-state index >= 15 is 0 Å². The molecule has 1 aliphatic carbocycles. The van der Waals surface area contributed by atoms with Gasteiger partial charge in [-0.15, -0.1) is 0 Å². The van der Waals surface area contributed by atoms with Gasteiger partial charge in [-0.1, -0.05) is 40.0 Å². The maximum absolute atomic E-state index is 5.60. The van der Waals surface area contributed by atoms with Crippen LogP contribution in [0.1, 0.15) is 59.3 Å². The van der Waals surface area contributed by atoms with Crippen LogP contribution in [0.5, 0.6) is 0 Å². The van der Waals surface area contributed by atoms with Crippen molar-refractivity contribution in [3.63, 3.8) is 0 Å². The minimum atomic E-state index is 0.651. The van der Waals surface area contributed by atoms with Crippen LogP contribution in [0.2, 0.25) is 0 Å². The molecule has 1 aliphatic rings. The van der Waals surface area contributed by atoms with E-state index in [9.17, 15) is 0 Å². The lowest BCUT2D eigenvalue weighted by atomic mass is 9.98. The van der Waals surface area contributed by atoms with Crippen molar-refractivity contribution in [2.45, 2.75) is 65.3 Å². The topological polar surface area (TPSA) is 21.3 Å². The molecule has 1 fully saturated rings. The lowest BCUT2D eigenvalue weighted by Crippen LogP contribution is -2.31. The van der Waals surface area contributed by atoms with Gasteiger partial charge in [0.2, 0.25) is 0 Å². The summed E-state index contributed by atoms with van der Waals surface area (Å²) in [7, 11) is 0. The fourth-order valence-electron chi connectivity index (χ4n) is 2.65. The Kier molecular flexibility index (Phi) is 7.87. The summed E-state index contributed by atoms with van der Waals surface area (Å²) in [5.41, 5.74) is 0. The van der Waals surface area contributed by atoms with Crippen LogP contribution in [0.15, 0.2) is 0 Å². The molecule has 2 unspecified atom stereocenters. The molecule has 0 spiro atoms. The summed E-state index contributed by atoms with van der Waals surface area (Å²) in [5.74, 6) is 1.64. The van der Waals surface area contributed by atoms with Gasteiger partial charge in [-0.05, 0) is 31.1 Å². The smallest absolute Gasteiger partial charge is 0.0591 e. The molecular weight excluding hydrogens is 210 g/mol. The molecule has 0 aromatic rings. The standard InChI is InChI=1S/C15H31NO/c1-4-14-6-5-7-15(9-8-14)16-10-11-17-12-13(2)3/h13-16H,4-12H2,1-3H3. The largest absolute Gasteiger partial charge is 0.380 e. The Morgan fingerprint density at radius 2 is 2.00 bits per heavy atom. The van der Waals surface area contributed by atoms with Crippen molar-refractivity contribution < 1.29 is 4.74 Å². The van der Waals surface area contributed by atoms with Gasteiger partial charge in [-0.3, -0.25) is 0 Å². The minimum absolute atomic E-state index is 0.651. The third-order valence-electron chi connectivity index (χ3n) is 3.80. The summed E-state index contributed by atoms with van der Waals surface area (Å²) >= 11 is 0. The average Bonchev–Trinajstić information content (AvgIpc) is 2.53. The highest BCUT2D eigenvalue weighted by Gasteiger charge is 2.16. The first-order valence-electron chi connectivity index (χ1n) is 7.53. The van der Waals surface area contributed by atoms with Gasteiger partial charge >= 0.3 is 0 Å². The summed E-state index contributed by atoms with van der Waals surface area (Å²) in [4.78, 5) is 0. The summed E-state index contributed by atoms with van der Waals surface area (Å²) in [6.45, 7) is 9.51. The minimum Gasteiger partial charge on any atom is -0.380 e. The summed E-state index contributed by atoms with van der Waals surface area (Å²) in [5, 5.41) is 3.65. The third kappa shape index (κ3) is 7.05. The Balaban J connectivity index is 2.03. The normalized spacial score (nSPS) is 26.1. The number of nitrogens with one attached hydrogen (secondary N) is 1. The van der Waals surface area contributed by atoms with Crippen molar-refractivity contribution >= 4 is 0 Å². The first-order chi connectivity index (χ1) is 8.22. The molecule has 0 aromatic carbocycles. The second kappa shape index (κ2) is 8.93. The maximum Gasteiger partial charge on any atom is 0.0591 e. The molecule has 17 heavy (non-hydrogen) atoms. The molecule has 0 aliphatic heterocycles. The van der Waals surface area contributed by atoms with Gasteiger partial charge in [0.1, 0.15) is 0 Å². The van der Waals surface area contributed by atoms with Crippen LogP contribution in [-0.2, 0) is 4.74 Å². The van der Waals surface area contributed by atoms with E-state index in [2.05, 4.69) is 26.1 Å². The summed E-state index contributed by atoms with van der Waals surface area (Å²) in [6.07, 6.45) is 8.36. The fraction of sp³-hybridized carbons (Fsp3) is 1.00. The van der Waals surface area contributed by atoms with Crippen LogP contribution in [0, 0.1) is 11.8 Å². The molecule has 2 atom stereocenters. The van der Waals surface area contributed by atoms with Crippen molar-refractivity contribution in [2.75, 3.05) is 19.8 Å². The van der Waals surface area contributed by atoms with Crippen LogP contribution in [-0.4, -0.2) is 25.8 Å². The van der Waals surface area contributed by atoms with E-state index in [0.717, 1.165) is 31.7 Å². The van der Waals surface area contributed by atoms with Crippen LogP contribution < -0.4 is 5.32 Å². The van der Waals surface area contributed by atoms with Crippen LogP contribution in [0.3, 0.4) is 0 Å². The van der Waals surface area contributed by atoms with E-state index in [1.807, 2.05) is 0 Å². The molecule has 0 saturated heterocycles. The summed E-state index contributed by atoms with van der Waals surface area (Å²) in [6, 6.07) is 0.745. The van der Waals surface area contributed by atoms with Gasteiger partial charge in [0.25, 0.3) is 0 Å². The molecular formula is C15H31NO. The quantitative estimate of drug-likeness (QED) is 0.543. The number of hydrogen-bond acceptors (Lipinski definition) is 2. The van der Waals surface area contributed by atoms with Gasteiger partial charge in [0.05, 0.1) is 6.61 Å². The Labute approximate surface area is 108 Å². The third-order valence-corrected chi connectivity index (χ3v) is 3.80. The first kappa shape index (κ1) is 15.0. The van der Waals surface area contributed by atoms with Crippen molar-refractivity contribution in [1.82, 2.24) is 5.32 Å². The average molecular weight is 241 g/mol. The second-order valence-electron chi connectivity index (χ2n) is 5.90. The Morgan fingerprint density at radius 1 is 1.18 bits per heavy atom. The highest BCUT2D eigenvalue weighted by atomic mass is 16.5. The predicted octanol–water partition coefficient (Wildman–Crippen LogP) is 3.61. The first-order valence-corrected chi connectivity index (χ1v) is 7.53. The SMILES string of the molecule is CCC1CCCC(NCCOCC(C)C)CC1. The Morgan fingerprint density at radius 3 is 2.71 bits per heavy atom. The molecule has 1 rings (SSSR count). The van der Waals surface area contributed by atoms with Crippen molar-refractivity contribution in [1.29, 1.82) is 0 Å². The second-order valence-corrected chi connectivity index (χ2v) is 5.90. The Hall–Kier alpha value is -0.0800. The molecule has 0 bridgehead atoms. The van der Waals surface area contributed by atoms with E-state index in [-0.39, 0.29) is 0 Å². The van der Waals surface area contributed by atoms with Gasteiger partial charge < -0.3 is 10.1 Å². The molecule has 0 aromatic heterocycles. The highest BCUT2D eigenvalue weighted by molar-refractivity contribution is 4.74. The van der Waals surface area contributed by atoms with Gasteiger partial charge in [-0.25, -0.2) is 0 Å². The van der Waals surface area contributed by atoms with Crippen LogP contribution in [0.4, 0.5) is 0 Å². The van der Waals surface area contributed by atoms with E-state index < -0.39 is 0 Å². The molecule has 2 heteroatoms. The van der Waals surface area contributed by atoms with Crippen molar-refractivity contribution in [3.8, 4) is 0 Å². The van der Waals surface area contributed by atoms with Gasteiger partial charge in [-0.2, -0.15) is 0 Å². The van der Waals surface area contributed by atoms with Crippen LogP contribution in [0.25, 0.3) is 0 Å². The van der Waals surface area contributed by atoms with E-state index in [1.54, 1.807) is 0 Å². The molecule has 102 valence electrons. The fourth-order valence-corrected chi connectivity index (χ4v) is 2.65. The molecule has 2 nitrogen and oxygen atoms in total. The number of ether oxygens (including phenoxy) is 1. The maximum atomic E-state index is 5.60. The molecule has 1 saturated carbocycles. The lowest BCUT2D eigenvalue weighted by molar-refractivity contribution is 0.109. The Bertz CT molecular complexity index is 182. The lowest BCUT2D eigenvalue weighted by Gasteiger charge is -2.17. The zero-order chi connectivity index (χ0) is 12.5. The summed E-state index contributed by atoms with van der Waals surface area (Å²) < 4.78 is 5.60. The highest BCUT2D eigenvalue weighted by Crippen LogP contribution is 2.25. The monoisotopic (exact) mass is 241 g/mol. The van der Waals surface area contributed by atoms with E-state index in [1.165, 1.54) is 38.5 Å². The number of hydrogen-bond donors (Lipinski definition) is 1. The van der Waals surface area contributed by atoms with Crippen molar-refractivity contribution in [2.24, 2.45) is 11.8 Å². The van der Waals surface area contributed by atoms with E-state index in [4.69, 9.17) is 4.74 Å². The van der Waals surface area contributed by atoms with Gasteiger partial charge in [0, 0.05) is 19.2 Å². The van der Waals surface area contributed by atoms with Crippen LogP contribution >= 0.6 is 0 Å².